The van der Waals surface area contributed by atoms with Gasteiger partial charge in [-0.15, -0.1) is 0 Å². The van der Waals surface area contributed by atoms with Gasteiger partial charge >= 0.3 is 5.69 Å². The first-order valence-corrected chi connectivity index (χ1v) is 5.38. The van der Waals surface area contributed by atoms with Crippen LogP contribution in [0.1, 0.15) is 23.0 Å². The summed E-state index contributed by atoms with van der Waals surface area (Å²) in [6.07, 6.45) is -1.12. The monoisotopic (exact) mass is 250 g/mol. The Morgan fingerprint density at radius 3 is 2.61 bits per heavy atom. The minimum atomic E-state index is -1.12. The molecule has 1 unspecified atom stereocenters. The lowest BCUT2D eigenvalue weighted by molar-refractivity contribution is -0.0773. The number of aromatic amines is 1. The molecule has 2 N–H and O–H groups in total. The zero-order valence-electron chi connectivity index (χ0n) is 10.3. The molecular formula is C11H14N4O3. The molecule has 1 aromatic carbocycles. The third-order valence-corrected chi connectivity index (χ3v) is 2.79. The molecule has 2 aromatic rings. The van der Waals surface area contributed by atoms with E-state index >= 15 is 0 Å². The zero-order chi connectivity index (χ0) is 13.3. The van der Waals surface area contributed by atoms with Crippen LogP contribution in [0.2, 0.25) is 0 Å². The Morgan fingerprint density at radius 1 is 1.39 bits per heavy atom. The van der Waals surface area contributed by atoms with E-state index in [4.69, 9.17) is 4.74 Å². The van der Waals surface area contributed by atoms with Gasteiger partial charge in [0.15, 0.2) is 6.29 Å². The minimum absolute atomic E-state index is 0.465. The molecule has 0 aliphatic heterocycles. The number of aliphatic hydroxyl groups is 1. The maximum Gasteiger partial charge on any atom is 0.365 e. The first-order chi connectivity index (χ1) is 8.56. The van der Waals surface area contributed by atoms with Gasteiger partial charge in [-0.25, -0.2) is 9.89 Å². The molecule has 0 radical (unpaired) electrons. The molecule has 1 aromatic heterocycles. The second-order valence-electron chi connectivity index (χ2n) is 3.97. The average molecular weight is 250 g/mol. The number of nitrogens with zero attached hydrogens (tertiary/aromatic N) is 3. The normalized spacial score (nSPS) is 12.7. The average Bonchev–Trinajstić information content (AvgIpc) is 2.77. The fourth-order valence-corrected chi connectivity index (χ4v) is 1.87. The predicted molar refractivity (Wildman–Crippen MR) is 63.4 cm³/mol. The van der Waals surface area contributed by atoms with Crippen LogP contribution in [0.3, 0.4) is 0 Å². The van der Waals surface area contributed by atoms with Gasteiger partial charge in [-0.2, -0.15) is 4.68 Å². The van der Waals surface area contributed by atoms with Crippen molar-refractivity contribution in [2.24, 2.45) is 0 Å². The number of benzene rings is 1. The van der Waals surface area contributed by atoms with Gasteiger partial charge in [0.25, 0.3) is 0 Å². The number of methoxy groups -OCH3 is 1. The van der Waals surface area contributed by atoms with E-state index in [0.717, 1.165) is 15.8 Å². The van der Waals surface area contributed by atoms with Gasteiger partial charge in [0.1, 0.15) is 0 Å². The van der Waals surface area contributed by atoms with E-state index in [-0.39, 0.29) is 0 Å². The van der Waals surface area contributed by atoms with Crippen molar-refractivity contribution >= 4 is 0 Å². The molecule has 7 nitrogen and oxygen atoms in total. The van der Waals surface area contributed by atoms with Crippen molar-refractivity contribution in [1.29, 1.82) is 0 Å². The van der Waals surface area contributed by atoms with Crippen LogP contribution in [-0.4, -0.2) is 32.4 Å². The summed E-state index contributed by atoms with van der Waals surface area (Å²) in [6.45, 7) is 3.65. The minimum Gasteiger partial charge on any atom is -0.364 e. The van der Waals surface area contributed by atoms with Crippen molar-refractivity contribution in [2.45, 2.75) is 20.1 Å². The zero-order valence-corrected chi connectivity index (χ0v) is 10.3. The first-order valence-electron chi connectivity index (χ1n) is 5.38. The molecule has 0 aliphatic rings. The van der Waals surface area contributed by atoms with Gasteiger partial charge in [0.05, 0.1) is 5.69 Å². The SMILES string of the molecule is COC(O)c1c(C)ccc(C)c1-n1nn[nH]c1=O. The first kappa shape index (κ1) is 12.5. The summed E-state index contributed by atoms with van der Waals surface area (Å²) in [7, 11) is 1.39. The summed E-state index contributed by atoms with van der Waals surface area (Å²) in [5.74, 6) is 0. The molecule has 0 saturated heterocycles. The lowest BCUT2D eigenvalue weighted by atomic mass is 10.0. The Bertz CT molecular complexity index is 617. The van der Waals surface area contributed by atoms with Crippen LogP contribution in [0.15, 0.2) is 16.9 Å². The maximum absolute atomic E-state index is 11.6. The third kappa shape index (κ3) is 1.93. The molecule has 18 heavy (non-hydrogen) atoms. The van der Waals surface area contributed by atoms with Gasteiger partial charge in [-0.3, -0.25) is 0 Å². The largest absolute Gasteiger partial charge is 0.365 e. The number of rotatable bonds is 3. The lowest BCUT2D eigenvalue weighted by Gasteiger charge is -2.17. The Balaban J connectivity index is 2.77. The number of aromatic nitrogens is 4. The van der Waals surface area contributed by atoms with Crippen molar-refractivity contribution in [2.75, 3.05) is 7.11 Å². The van der Waals surface area contributed by atoms with E-state index in [9.17, 15) is 9.90 Å². The van der Waals surface area contributed by atoms with Gasteiger partial charge in [0.2, 0.25) is 0 Å². The van der Waals surface area contributed by atoms with Crippen LogP contribution in [0, 0.1) is 13.8 Å². The van der Waals surface area contributed by atoms with Crippen molar-refractivity contribution < 1.29 is 9.84 Å². The van der Waals surface area contributed by atoms with Crippen molar-refractivity contribution in [3.8, 4) is 5.69 Å². The molecule has 0 spiro atoms. The standard InChI is InChI=1S/C11H14N4O3/c1-6-4-5-7(2)9(8(6)10(16)18-3)15-11(17)12-13-14-15/h4-5,10,16H,1-3H3,(H,12,14,17). The van der Waals surface area contributed by atoms with Gasteiger partial charge in [0, 0.05) is 12.7 Å². The molecule has 2 rings (SSSR count). The van der Waals surface area contributed by atoms with Gasteiger partial charge < -0.3 is 9.84 Å². The van der Waals surface area contributed by atoms with Gasteiger partial charge in [-0.1, -0.05) is 12.1 Å². The van der Waals surface area contributed by atoms with Crippen LogP contribution in [0.5, 0.6) is 0 Å². The van der Waals surface area contributed by atoms with Gasteiger partial charge in [-0.05, 0) is 35.4 Å². The predicted octanol–water partition coefficient (Wildman–Crippen LogP) is 0.210. The maximum atomic E-state index is 11.6. The molecule has 1 heterocycles. The second kappa shape index (κ2) is 4.71. The van der Waals surface area contributed by atoms with E-state index in [1.807, 2.05) is 26.0 Å². The van der Waals surface area contributed by atoms with Crippen LogP contribution < -0.4 is 5.69 Å². The number of nitrogens with one attached hydrogen (secondary N) is 1. The number of hydrogen-bond acceptors (Lipinski definition) is 5. The molecule has 0 saturated carbocycles. The summed E-state index contributed by atoms with van der Waals surface area (Å²) in [6, 6.07) is 3.69. The summed E-state index contributed by atoms with van der Waals surface area (Å²) in [5, 5.41) is 19.3. The van der Waals surface area contributed by atoms with Crippen LogP contribution in [0.4, 0.5) is 0 Å². The molecule has 0 fully saturated rings. The lowest BCUT2D eigenvalue weighted by Crippen LogP contribution is -2.20. The molecular weight excluding hydrogens is 236 g/mol. The highest BCUT2D eigenvalue weighted by Crippen LogP contribution is 2.27. The number of tetrazole rings is 1. The number of ether oxygens (including phenoxy) is 1. The van der Waals surface area contributed by atoms with E-state index in [1.54, 1.807) is 0 Å². The summed E-state index contributed by atoms with van der Waals surface area (Å²) in [4.78, 5) is 11.6. The Kier molecular flexibility index (Phi) is 3.26. The molecule has 96 valence electrons. The smallest absolute Gasteiger partial charge is 0.364 e. The Morgan fingerprint density at radius 2 is 2.06 bits per heavy atom. The van der Waals surface area contributed by atoms with E-state index < -0.39 is 12.0 Å². The highest BCUT2D eigenvalue weighted by Gasteiger charge is 2.20. The second-order valence-corrected chi connectivity index (χ2v) is 3.97. The number of H-pyrrole nitrogens is 1. The summed E-state index contributed by atoms with van der Waals surface area (Å²) < 4.78 is 6.04. The molecule has 7 heteroatoms. The Hall–Kier alpha value is -1.99. The van der Waals surface area contributed by atoms with Crippen LogP contribution in [-0.2, 0) is 4.74 Å². The van der Waals surface area contributed by atoms with E-state index in [2.05, 4.69) is 15.5 Å². The molecule has 1 atom stereocenters. The van der Waals surface area contributed by atoms with Crippen molar-refractivity contribution in [3.05, 3.63) is 39.3 Å². The van der Waals surface area contributed by atoms with Crippen molar-refractivity contribution in [1.82, 2.24) is 20.2 Å². The topological polar surface area (TPSA) is 93.0 Å². The highest BCUT2D eigenvalue weighted by atomic mass is 16.6. The van der Waals surface area contributed by atoms with Crippen LogP contribution in [0.25, 0.3) is 5.69 Å². The number of hydrogen-bond donors (Lipinski definition) is 2. The quantitative estimate of drug-likeness (QED) is 0.759. The Labute approximate surface area is 103 Å². The molecule has 0 amide bonds. The number of aliphatic hydroxyl groups excluding tert-OH is 1. The van der Waals surface area contributed by atoms with Crippen molar-refractivity contribution in [3.63, 3.8) is 0 Å². The fourth-order valence-electron chi connectivity index (χ4n) is 1.87. The fraction of sp³-hybridized carbons (Fsp3) is 0.364. The summed E-state index contributed by atoms with van der Waals surface area (Å²) >= 11 is 0. The third-order valence-electron chi connectivity index (χ3n) is 2.79. The van der Waals surface area contributed by atoms with E-state index in [1.165, 1.54) is 7.11 Å². The molecule has 0 bridgehead atoms. The molecule has 0 aliphatic carbocycles. The van der Waals surface area contributed by atoms with Crippen LogP contribution >= 0.6 is 0 Å². The summed E-state index contributed by atoms with van der Waals surface area (Å²) in [5.41, 5.74) is 2.13. The highest BCUT2D eigenvalue weighted by molar-refractivity contribution is 5.51. The number of aryl methyl sites for hydroxylation is 2. The van der Waals surface area contributed by atoms with E-state index in [0.29, 0.717) is 11.3 Å².